The third kappa shape index (κ3) is 3.20. The molecule has 0 aliphatic rings. The monoisotopic (exact) mass is 362 g/mol. The molecule has 108 valence electrons. The smallest absolute Gasteiger partial charge is 0.141 e. The number of nitrogens with zero attached hydrogens (tertiary/aromatic N) is 2. The van der Waals surface area contributed by atoms with E-state index in [0.717, 1.165) is 0 Å². The minimum absolute atomic E-state index is 0.0272. The zero-order valence-corrected chi connectivity index (χ0v) is 13.0. The van der Waals surface area contributed by atoms with E-state index >= 15 is 0 Å². The summed E-state index contributed by atoms with van der Waals surface area (Å²) in [5, 5.41) is 14.6. The lowest BCUT2D eigenvalue weighted by atomic mass is 10.1. The molecule has 2 aromatic rings. The molecule has 0 radical (unpaired) electrons. The van der Waals surface area contributed by atoms with Crippen LogP contribution in [0.25, 0.3) is 0 Å². The van der Waals surface area contributed by atoms with Crippen molar-refractivity contribution < 1.29 is 14.2 Å². The van der Waals surface area contributed by atoms with Gasteiger partial charge in [-0.2, -0.15) is 5.10 Å². The summed E-state index contributed by atoms with van der Waals surface area (Å²) in [6, 6.07) is 4.12. The minimum atomic E-state index is -0.957. The number of aliphatic hydroxyl groups excluding tert-OH is 1. The molecule has 0 fully saturated rings. The lowest BCUT2D eigenvalue weighted by molar-refractivity contribution is 0.171. The van der Waals surface area contributed by atoms with Crippen LogP contribution in [0.3, 0.4) is 0 Å². The number of rotatable bonds is 5. The molecule has 0 saturated heterocycles. The van der Waals surface area contributed by atoms with Gasteiger partial charge < -0.3 is 9.84 Å². The van der Waals surface area contributed by atoms with Crippen molar-refractivity contribution in [2.45, 2.75) is 12.6 Å². The van der Waals surface area contributed by atoms with Gasteiger partial charge in [-0.3, -0.25) is 4.68 Å². The van der Waals surface area contributed by atoms with Crippen LogP contribution in [0.1, 0.15) is 17.4 Å². The molecule has 1 aromatic carbocycles. The van der Waals surface area contributed by atoms with Crippen LogP contribution in [0.5, 0.6) is 0 Å². The van der Waals surface area contributed by atoms with E-state index in [2.05, 4.69) is 21.0 Å². The maximum absolute atomic E-state index is 13.2. The Bertz CT molecular complexity index is 606. The van der Waals surface area contributed by atoms with Gasteiger partial charge in [0.1, 0.15) is 11.9 Å². The summed E-state index contributed by atoms with van der Waals surface area (Å²) >= 11 is 9.09. The number of hydrogen-bond donors (Lipinski definition) is 1. The van der Waals surface area contributed by atoms with Crippen molar-refractivity contribution in [1.82, 2.24) is 9.78 Å². The largest absolute Gasteiger partial charge is 0.383 e. The van der Waals surface area contributed by atoms with Crippen LogP contribution in [0.4, 0.5) is 4.39 Å². The summed E-state index contributed by atoms with van der Waals surface area (Å²) in [6.07, 6.45) is 0.640. The molecule has 1 aromatic heterocycles. The first-order valence-corrected chi connectivity index (χ1v) is 7.05. The van der Waals surface area contributed by atoms with Gasteiger partial charge in [0.15, 0.2) is 0 Å². The fourth-order valence-electron chi connectivity index (χ4n) is 1.84. The first-order chi connectivity index (χ1) is 9.54. The van der Waals surface area contributed by atoms with Crippen LogP contribution in [0.2, 0.25) is 5.02 Å². The molecule has 0 saturated carbocycles. The Morgan fingerprint density at radius 2 is 2.30 bits per heavy atom. The zero-order valence-electron chi connectivity index (χ0n) is 10.7. The van der Waals surface area contributed by atoms with Crippen LogP contribution in [0.15, 0.2) is 28.9 Å². The third-order valence-electron chi connectivity index (χ3n) is 2.86. The Labute approximate surface area is 129 Å². The number of methoxy groups -OCH3 is 1. The zero-order chi connectivity index (χ0) is 14.7. The fraction of sp³-hybridized carbons (Fsp3) is 0.308. The lowest BCUT2D eigenvalue weighted by Gasteiger charge is -2.15. The van der Waals surface area contributed by atoms with Crippen LogP contribution in [-0.2, 0) is 11.3 Å². The summed E-state index contributed by atoms with van der Waals surface area (Å²) in [6.45, 7) is 0.974. The summed E-state index contributed by atoms with van der Waals surface area (Å²) in [5.74, 6) is -0.519. The molecule has 7 heteroatoms. The highest BCUT2D eigenvalue weighted by atomic mass is 79.9. The van der Waals surface area contributed by atoms with Crippen molar-refractivity contribution in [1.29, 1.82) is 0 Å². The maximum Gasteiger partial charge on any atom is 0.141 e. The normalized spacial score (nSPS) is 12.7. The second-order valence-electron chi connectivity index (χ2n) is 4.17. The van der Waals surface area contributed by atoms with Crippen LogP contribution in [-0.4, -0.2) is 28.6 Å². The van der Waals surface area contributed by atoms with Gasteiger partial charge in [0.05, 0.1) is 34.5 Å². The van der Waals surface area contributed by atoms with E-state index in [4.69, 9.17) is 16.3 Å². The van der Waals surface area contributed by atoms with Gasteiger partial charge in [0.25, 0.3) is 0 Å². The third-order valence-corrected chi connectivity index (χ3v) is 3.76. The van der Waals surface area contributed by atoms with Crippen LogP contribution in [0, 0.1) is 5.82 Å². The summed E-state index contributed by atoms with van der Waals surface area (Å²) in [4.78, 5) is 0. The van der Waals surface area contributed by atoms with E-state index in [-0.39, 0.29) is 5.02 Å². The molecule has 1 heterocycles. The van der Waals surface area contributed by atoms with Gasteiger partial charge in [-0.15, -0.1) is 0 Å². The Kier molecular flexibility index (Phi) is 5.15. The second-order valence-corrected chi connectivity index (χ2v) is 5.43. The first kappa shape index (κ1) is 15.4. The van der Waals surface area contributed by atoms with Crippen molar-refractivity contribution in [3.8, 4) is 0 Å². The SMILES string of the molecule is COCCn1ncc(Br)c1C(O)c1ccc(F)c(Cl)c1. The van der Waals surface area contributed by atoms with E-state index in [1.54, 1.807) is 18.0 Å². The average Bonchev–Trinajstić information content (AvgIpc) is 2.80. The van der Waals surface area contributed by atoms with Crippen molar-refractivity contribution in [3.63, 3.8) is 0 Å². The standard InChI is InChI=1S/C13H13BrClFN2O2/c1-20-5-4-18-12(9(14)7-17-18)13(19)8-2-3-11(16)10(15)6-8/h2-3,6-7,13,19H,4-5H2,1H3. The molecule has 0 bridgehead atoms. The average molecular weight is 364 g/mol. The number of aliphatic hydroxyl groups is 1. The quantitative estimate of drug-likeness (QED) is 0.887. The van der Waals surface area contributed by atoms with E-state index in [1.165, 1.54) is 18.2 Å². The Morgan fingerprint density at radius 3 is 2.95 bits per heavy atom. The number of hydrogen-bond acceptors (Lipinski definition) is 3. The predicted molar refractivity (Wildman–Crippen MR) is 77.3 cm³/mol. The Hall–Kier alpha value is -0.950. The summed E-state index contributed by atoms with van der Waals surface area (Å²) in [5.41, 5.74) is 1.07. The van der Waals surface area contributed by atoms with E-state index in [1.807, 2.05) is 0 Å². The highest BCUT2D eigenvalue weighted by Crippen LogP contribution is 2.30. The van der Waals surface area contributed by atoms with Gasteiger partial charge in [-0.25, -0.2) is 4.39 Å². The second kappa shape index (κ2) is 6.67. The molecule has 20 heavy (non-hydrogen) atoms. The van der Waals surface area contributed by atoms with Gasteiger partial charge in [-0.1, -0.05) is 17.7 Å². The molecule has 0 amide bonds. The molecule has 2 rings (SSSR count). The molecule has 0 spiro atoms. The van der Waals surface area contributed by atoms with E-state index in [0.29, 0.717) is 28.9 Å². The van der Waals surface area contributed by atoms with E-state index < -0.39 is 11.9 Å². The molecular formula is C13H13BrClFN2O2. The van der Waals surface area contributed by atoms with Crippen molar-refractivity contribution in [2.24, 2.45) is 0 Å². The van der Waals surface area contributed by atoms with Gasteiger partial charge >= 0.3 is 0 Å². The fourth-order valence-corrected chi connectivity index (χ4v) is 2.54. The minimum Gasteiger partial charge on any atom is -0.383 e. The van der Waals surface area contributed by atoms with Gasteiger partial charge in [0.2, 0.25) is 0 Å². The Balaban J connectivity index is 2.34. The first-order valence-electron chi connectivity index (χ1n) is 5.87. The molecule has 1 N–H and O–H groups in total. The number of benzene rings is 1. The predicted octanol–water partition coefficient (Wildman–Crippen LogP) is 3.17. The summed E-state index contributed by atoms with van der Waals surface area (Å²) < 4.78 is 20.5. The van der Waals surface area contributed by atoms with Crippen LogP contribution >= 0.6 is 27.5 Å². The molecule has 4 nitrogen and oxygen atoms in total. The van der Waals surface area contributed by atoms with Crippen molar-refractivity contribution in [2.75, 3.05) is 13.7 Å². The molecule has 0 aliphatic carbocycles. The number of aromatic nitrogens is 2. The van der Waals surface area contributed by atoms with Crippen molar-refractivity contribution in [3.05, 3.63) is 51.0 Å². The van der Waals surface area contributed by atoms with Gasteiger partial charge in [-0.05, 0) is 33.6 Å². The van der Waals surface area contributed by atoms with E-state index in [9.17, 15) is 9.50 Å². The topological polar surface area (TPSA) is 47.3 Å². The van der Waals surface area contributed by atoms with Gasteiger partial charge in [0, 0.05) is 7.11 Å². The maximum atomic E-state index is 13.2. The highest BCUT2D eigenvalue weighted by molar-refractivity contribution is 9.10. The summed E-state index contributed by atoms with van der Waals surface area (Å²) in [7, 11) is 1.59. The molecule has 1 atom stereocenters. The highest BCUT2D eigenvalue weighted by Gasteiger charge is 2.20. The number of ether oxygens (including phenoxy) is 1. The Morgan fingerprint density at radius 1 is 1.55 bits per heavy atom. The number of halogens is 3. The molecular weight excluding hydrogens is 351 g/mol. The van der Waals surface area contributed by atoms with Crippen molar-refractivity contribution >= 4 is 27.5 Å². The molecule has 1 unspecified atom stereocenters. The molecule has 0 aliphatic heterocycles. The lowest BCUT2D eigenvalue weighted by Crippen LogP contribution is -2.13. The van der Waals surface area contributed by atoms with Crippen LogP contribution < -0.4 is 0 Å².